The fraction of sp³-hybridized carbons (Fsp3) is 0.290. The van der Waals surface area contributed by atoms with Crippen LogP contribution in [-0.2, 0) is 12.7 Å². The van der Waals surface area contributed by atoms with Gasteiger partial charge in [-0.25, -0.2) is 0 Å². The second-order valence-electron chi connectivity index (χ2n) is 9.70. The maximum absolute atomic E-state index is 12.9. The molecular formula is C31H32Cl2F3NO. The minimum Gasteiger partial charge on any atom is -0.459 e. The van der Waals surface area contributed by atoms with Gasteiger partial charge in [0.25, 0.3) is 0 Å². The van der Waals surface area contributed by atoms with Gasteiger partial charge in [0, 0.05) is 11.5 Å². The predicted octanol–water partition coefficient (Wildman–Crippen LogP) is 9.16. The summed E-state index contributed by atoms with van der Waals surface area (Å²) in [7, 11) is 0. The average molecular weight is 563 g/mol. The van der Waals surface area contributed by atoms with Crippen molar-refractivity contribution in [2.45, 2.75) is 38.4 Å². The van der Waals surface area contributed by atoms with Crippen LogP contribution in [0.2, 0.25) is 0 Å². The van der Waals surface area contributed by atoms with E-state index in [4.69, 9.17) is 4.42 Å². The van der Waals surface area contributed by atoms with E-state index in [9.17, 15) is 13.2 Å². The molecule has 1 saturated heterocycles. The lowest BCUT2D eigenvalue weighted by atomic mass is 9.76. The zero-order chi connectivity index (χ0) is 25.1. The van der Waals surface area contributed by atoms with Gasteiger partial charge in [-0.05, 0) is 73.7 Å². The third-order valence-electron chi connectivity index (χ3n) is 7.31. The van der Waals surface area contributed by atoms with Crippen LogP contribution < -0.4 is 0 Å². The Morgan fingerprint density at radius 1 is 0.816 bits per heavy atom. The molecule has 1 fully saturated rings. The van der Waals surface area contributed by atoms with Crippen LogP contribution in [0.15, 0.2) is 95.4 Å². The van der Waals surface area contributed by atoms with Gasteiger partial charge in [-0.3, -0.25) is 4.90 Å². The number of benzene rings is 3. The summed E-state index contributed by atoms with van der Waals surface area (Å²) < 4.78 is 44.8. The highest BCUT2D eigenvalue weighted by molar-refractivity contribution is 5.85. The van der Waals surface area contributed by atoms with Crippen molar-refractivity contribution in [2.24, 2.45) is 5.92 Å². The minimum atomic E-state index is -4.34. The Balaban J connectivity index is 0.00000200. The van der Waals surface area contributed by atoms with E-state index in [0.717, 1.165) is 49.4 Å². The average Bonchev–Trinajstić information content (AvgIpc) is 3.26. The van der Waals surface area contributed by atoms with Gasteiger partial charge >= 0.3 is 6.18 Å². The van der Waals surface area contributed by atoms with Crippen LogP contribution in [0.25, 0.3) is 11.3 Å². The molecule has 0 bridgehead atoms. The number of hydrogen-bond acceptors (Lipinski definition) is 2. The number of piperidine rings is 1. The van der Waals surface area contributed by atoms with Crippen LogP contribution in [0.5, 0.6) is 0 Å². The lowest BCUT2D eigenvalue weighted by Crippen LogP contribution is -2.35. The minimum absolute atomic E-state index is 0. The summed E-state index contributed by atoms with van der Waals surface area (Å²) in [6, 6.07) is 28.6. The van der Waals surface area contributed by atoms with Gasteiger partial charge in [0.15, 0.2) is 0 Å². The molecule has 2 nitrogen and oxygen atoms in total. The molecule has 2 heterocycles. The number of halogens is 5. The standard InChI is InChI=1S/C31H30F3NO.2ClH/c1-22-20-28(23-12-14-27(15-13-23)31(32,33)34)36-29(22)21-35-18-16-26(17-19-35)30(24-8-4-2-5-9-24)25-10-6-3-7-11-25;;/h2-15,20,26,30H,16-19,21H2,1H3;2*1H. The van der Waals surface area contributed by atoms with E-state index in [2.05, 4.69) is 65.6 Å². The SMILES string of the molecule is Cc1cc(-c2ccc(C(F)(F)F)cc2)oc1CN1CCC(C(c2ccccc2)c2ccccc2)CC1.Cl.Cl. The van der Waals surface area contributed by atoms with Gasteiger partial charge in [-0.1, -0.05) is 72.8 Å². The lowest BCUT2D eigenvalue weighted by Gasteiger charge is -2.36. The van der Waals surface area contributed by atoms with E-state index in [1.165, 1.54) is 23.3 Å². The van der Waals surface area contributed by atoms with Crippen molar-refractivity contribution in [3.8, 4) is 11.3 Å². The van der Waals surface area contributed by atoms with Crippen molar-refractivity contribution < 1.29 is 17.6 Å². The fourth-order valence-corrected chi connectivity index (χ4v) is 5.35. The summed E-state index contributed by atoms with van der Waals surface area (Å²) >= 11 is 0. The quantitative estimate of drug-likeness (QED) is 0.233. The first-order chi connectivity index (χ1) is 17.4. The number of rotatable bonds is 6. The van der Waals surface area contributed by atoms with Gasteiger partial charge in [-0.15, -0.1) is 24.8 Å². The Bertz CT molecular complexity index is 1230. The third-order valence-corrected chi connectivity index (χ3v) is 7.31. The highest BCUT2D eigenvalue weighted by atomic mass is 35.5. The first-order valence-corrected chi connectivity index (χ1v) is 12.5. The fourth-order valence-electron chi connectivity index (χ4n) is 5.35. The topological polar surface area (TPSA) is 16.4 Å². The second-order valence-corrected chi connectivity index (χ2v) is 9.70. The summed E-state index contributed by atoms with van der Waals surface area (Å²) in [5.41, 5.74) is 3.76. The molecule has 0 atom stereocenters. The number of hydrogen-bond donors (Lipinski definition) is 0. The van der Waals surface area contributed by atoms with Crippen LogP contribution in [0.1, 0.15) is 46.8 Å². The normalized spacial score (nSPS) is 14.7. The van der Waals surface area contributed by atoms with Crippen LogP contribution in [-0.4, -0.2) is 18.0 Å². The first-order valence-electron chi connectivity index (χ1n) is 12.5. The van der Waals surface area contributed by atoms with Gasteiger partial charge in [0.2, 0.25) is 0 Å². The highest BCUT2D eigenvalue weighted by Gasteiger charge is 2.31. The smallest absolute Gasteiger partial charge is 0.416 e. The van der Waals surface area contributed by atoms with Crippen molar-refractivity contribution in [3.05, 3.63) is 119 Å². The number of furan rings is 1. The summed E-state index contributed by atoms with van der Waals surface area (Å²) in [4.78, 5) is 2.42. The Labute approximate surface area is 234 Å². The molecule has 3 aromatic carbocycles. The van der Waals surface area contributed by atoms with Crippen molar-refractivity contribution in [1.82, 2.24) is 4.90 Å². The van der Waals surface area contributed by atoms with E-state index < -0.39 is 11.7 Å². The Morgan fingerprint density at radius 2 is 1.34 bits per heavy atom. The summed E-state index contributed by atoms with van der Waals surface area (Å²) in [6.45, 7) is 4.67. The second kappa shape index (κ2) is 12.9. The third kappa shape index (κ3) is 6.82. The Morgan fingerprint density at radius 3 is 1.84 bits per heavy atom. The number of aryl methyl sites for hydroxylation is 1. The predicted molar refractivity (Wildman–Crippen MR) is 151 cm³/mol. The zero-order valence-electron chi connectivity index (χ0n) is 21.2. The van der Waals surface area contributed by atoms with Crippen LogP contribution in [0.3, 0.4) is 0 Å². The molecule has 0 spiro atoms. The number of likely N-dealkylation sites (tertiary alicyclic amines) is 1. The maximum atomic E-state index is 12.9. The number of nitrogens with zero attached hydrogens (tertiary/aromatic N) is 1. The summed E-state index contributed by atoms with van der Waals surface area (Å²) in [5.74, 6) is 2.43. The zero-order valence-corrected chi connectivity index (χ0v) is 22.8. The molecule has 0 radical (unpaired) electrons. The van der Waals surface area contributed by atoms with Gasteiger partial charge < -0.3 is 4.42 Å². The Kier molecular flexibility index (Phi) is 10.1. The molecule has 38 heavy (non-hydrogen) atoms. The lowest BCUT2D eigenvalue weighted by molar-refractivity contribution is -0.137. The first kappa shape index (κ1) is 29.8. The number of alkyl halides is 3. The van der Waals surface area contributed by atoms with Crippen LogP contribution in [0, 0.1) is 12.8 Å². The molecule has 1 aliphatic rings. The summed E-state index contributed by atoms with van der Waals surface area (Å²) in [6.07, 6.45) is -2.14. The van der Waals surface area contributed by atoms with E-state index in [1.807, 2.05) is 13.0 Å². The summed E-state index contributed by atoms with van der Waals surface area (Å²) in [5, 5.41) is 0. The molecule has 0 aliphatic carbocycles. The van der Waals surface area contributed by atoms with Crippen LogP contribution >= 0.6 is 24.8 Å². The molecule has 0 N–H and O–H groups in total. The van der Waals surface area contributed by atoms with E-state index in [0.29, 0.717) is 29.7 Å². The molecule has 1 aliphatic heterocycles. The van der Waals surface area contributed by atoms with Gasteiger partial charge in [-0.2, -0.15) is 13.2 Å². The van der Waals surface area contributed by atoms with Gasteiger partial charge in [0.05, 0.1) is 12.1 Å². The van der Waals surface area contributed by atoms with Crippen molar-refractivity contribution in [3.63, 3.8) is 0 Å². The van der Waals surface area contributed by atoms with E-state index >= 15 is 0 Å². The monoisotopic (exact) mass is 561 g/mol. The molecular weight excluding hydrogens is 530 g/mol. The largest absolute Gasteiger partial charge is 0.459 e. The van der Waals surface area contributed by atoms with Crippen molar-refractivity contribution in [1.29, 1.82) is 0 Å². The molecule has 0 unspecified atom stereocenters. The molecule has 0 amide bonds. The van der Waals surface area contributed by atoms with Crippen molar-refractivity contribution >= 4 is 24.8 Å². The van der Waals surface area contributed by atoms with E-state index in [1.54, 1.807) is 0 Å². The highest BCUT2D eigenvalue weighted by Crippen LogP contribution is 2.38. The molecule has 5 rings (SSSR count). The van der Waals surface area contributed by atoms with Crippen molar-refractivity contribution in [2.75, 3.05) is 13.1 Å². The molecule has 0 saturated carbocycles. The molecule has 1 aromatic heterocycles. The Hall–Kier alpha value is -2.73. The van der Waals surface area contributed by atoms with E-state index in [-0.39, 0.29) is 24.8 Å². The van der Waals surface area contributed by atoms with Crippen LogP contribution in [0.4, 0.5) is 13.2 Å². The maximum Gasteiger partial charge on any atom is 0.416 e. The molecule has 4 aromatic rings. The molecule has 202 valence electrons. The molecule has 7 heteroatoms. The van der Waals surface area contributed by atoms with Gasteiger partial charge in [0.1, 0.15) is 11.5 Å².